The van der Waals surface area contributed by atoms with Gasteiger partial charge in [0.1, 0.15) is 71.1 Å². The standard InChI is InChI=1S/C47H46Cl2F6N4O9/c1-23(29-19-58(43-33(52)15-25(48)16-34(43)53)13-11-46(29,63)21-65-37-7-5-31(50)41-27(37)3-9-39(60)56-41)67-45(62)68-24(2)30-20-59(44-35(54)17-26(49)18-36(44)55)14-12-47(30,64)22-66-38-8-6-32(51)42-28(38)4-10-40(61)57-42/h5-8,15-18,23-24,29-30,63-64H,3-4,9-14,19-22H2,1-2H3,(H,56,60)(H,57,61)/t23-,24-,29-,30-,46+,47+/m1/s1. The number of carbonyl (C=O) groups is 3. The first kappa shape index (κ1) is 48.8. The number of fused-ring (bicyclic) bond motifs is 2. The molecule has 2 fully saturated rings. The summed E-state index contributed by atoms with van der Waals surface area (Å²) < 4.78 is 114. The highest BCUT2D eigenvalue weighted by atomic mass is 35.5. The van der Waals surface area contributed by atoms with Gasteiger partial charge in [0, 0.05) is 72.0 Å². The molecule has 0 aromatic heterocycles. The number of aliphatic hydroxyl groups is 2. The number of nitrogens with one attached hydrogen (secondary N) is 2. The van der Waals surface area contributed by atoms with Crippen LogP contribution < -0.4 is 29.9 Å². The van der Waals surface area contributed by atoms with Gasteiger partial charge in [-0.05, 0) is 88.1 Å². The quantitative estimate of drug-likeness (QED) is 0.0797. The predicted octanol–water partition coefficient (Wildman–Crippen LogP) is 8.50. The van der Waals surface area contributed by atoms with Crippen LogP contribution in [-0.4, -0.2) is 91.0 Å². The van der Waals surface area contributed by atoms with Gasteiger partial charge in [0.15, 0.2) is 23.3 Å². The van der Waals surface area contributed by atoms with E-state index in [1.807, 2.05) is 0 Å². The molecule has 4 aromatic rings. The second-order valence-electron chi connectivity index (χ2n) is 17.6. The highest BCUT2D eigenvalue weighted by Crippen LogP contribution is 2.42. The zero-order valence-electron chi connectivity index (χ0n) is 36.6. The lowest BCUT2D eigenvalue weighted by molar-refractivity contribution is -0.127. The minimum Gasteiger partial charge on any atom is -0.490 e. The fraction of sp³-hybridized carbons (Fsp3) is 0.426. The molecule has 6 atom stereocenters. The summed E-state index contributed by atoms with van der Waals surface area (Å²) >= 11 is 11.8. The highest BCUT2D eigenvalue weighted by molar-refractivity contribution is 6.31. The van der Waals surface area contributed by atoms with Crippen LogP contribution in [0.15, 0.2) is 48.5 Å². The Bertz CT molecular complexity index is 2430. The largest absolute Gasteiger partial charge is 0.508 e. The van der Waals surface area contributed by atoms with E-state index in [9.17, 15) is 33.4 Å². The summed E-state index contributed by atoms with van der Waals surface area (Å²) in [6.07, 6.45) is -3.90. The van der Waals surface area contributed by atoms with Gasteiger partial charge in [0.05, 0.1) is 11.4 Å². The number of amides is 2. The first-order chi connectivity index (χ1) is 32.2. The first-order valence-electron chi connectivity index (χ1n) is 21.8. The molecule has 0 unspecified atom stereocenters. The number of ether oxygens (including phenoxy) is 4. The minimum atomic E-state index is -1.88. The average molecular weight is 996 g/mol. The molecule has 13 nitrogen and oxygen atoms in total. The molecule has 0 saturated carbocycles. The SMILES string of the molecule is C[C@@H](OC(=O)O[C@H](C)[C@H]1CN(c2c(F)cc(Cl)cc2F)CC[C@]1(O)COc1ccc(F)c2c1CCC(=O)N2)[C@H]1CN(c2c(F)cc(Cl)cc2F)CC[C@]1(O)COc1ccc(F)c2c1CCC(=O)N2. The Balaban J connectivity index is 1.04. The summed E-state index contributed by atoms with van der Waals surface area (Å²) in [4.78, 5) is 40.6. The van der Waals surface area contributed by atoms with E-state index in [1.165, 1.54) is 35.8 Å². The number of rotatable bonds is 12. The molecule has 68 heavy (non-hydrogen) atoms. The van der Waals surface area contributed by atoms with Crippen LogP contribution >= 0.6 is 23.2 Å². The topological polar surface area (TPSA) is 159 Å². The Labute approximate surface area is 396 Å². The molecule has 4 N–H and O–H groups in total. The van der Waals surface area contributed by atoms with Crippen LogP contribution in [0.25, 0.3) is 0 Å². The third kappa shape index (κ3) is 9.93. The van der Waals surface area contributed by atoms with Crippen molar-refractivity contribution in [3.63, 3.8) is 0 Å². The van der Waals surface area contributed by atoms with Crippen molar-refractivity contribution < 1.29 is 69.9 Å². The molecule has 8 rings (SSSR count). The zero-order chi connectivity index (χ0) is 48.8. The fourth-order valence-corrected chi connectivity index (χ4v) is 10.0. The van der Waals surface area contributed by atoms with Gasteiger partial charge in [-0.2, -0.15) is 0 Å². The average Bonchev–Trinajstić information content (AvgIpc) is 3.26. The van der Waals surface area contributed by atoms with Crippen molar-refractivity contribution in [1.82, 2.24) is 0 Å². The summed E-state index contributed by atoms with van der Waals surface area (Å²) in [5.74, 6) is -8.11. The van der Waals surface area contributed by atoms with E-state index in [2.05, 4.69) is 10.6 Å². The number of carbonyl (C=O) groups excluding carboxylic acids is 3. The number of hydrogen-bond acceptors (Lipinski definition) is 11. The number of piperidine rings is 2. The lowest BCUT2D eigenvalue weighted by Crippen LogP contribution is -2.60. The van der Waals surface area contributed by atoms with Crippen LogP contribution in [0, 0.1) is 46.7 Å². The second kappa shape index (κ2) is 19.4. The molecular weight excluding hydrogens is 949 g/mol. The maximum absolute atomic E-state index is 15.3. The number of anilines is 4. The Kier molecular flexibility index (Phi) is 13.9. The lowest BCUT2D eigenvalue weighted by Gasteiger charge is -2.47. The molecule has 4 heterocycles. The van der Waals surface area contributed by atoms with E-state index < -0.39 is 113 Å². The predicted molar refractivity (Wildman–Crippen MR) is 237 cm³/mol. The fourth-order valence-electron chi connectivity index (χ4n) is 9.65. The smallest absolute Gasteiger partial charge is 0.490 e. The second-order valence-corrected chi connectivity index (χ2v) is 18.5. The van der Waals surface area contributed by atoms with Crippen LogP contribution in [0.2, 0.25) is 10.0 Å². The molecule has 4 aliphatic heterocycles. The van der Waals surface area contributed by atoms with Crippen molar-refractivity contribution in [2.24, 2.45) is 11.8 Å². The van der Waals surface area contributed by atoms with E-state index in [4.69, 9.17) is 42.1 Å². The Hall–Kier alpha value is -5.63. The Morgan fingerprint density at radius 2 is 1.01 bits per heavy atom. The van der Waals surface area contributed by atoms with E-state index in [-0.39, 0.29) is 97.6 Å². The van der Waals surface area contributed by atoms with E-state index in [1.54, 1.807) is 0 Å². The normalized spacial score (nSPS) is 23.4. The molecule has 4 aromatic carbocycles. The lowest BCUT2D eigenvalue weighted by atomic mass is 9.78. The highest BCUT2D eigenvalue weighted by Gasteiger charge is 2.50. The third-order valence-corrected chi connectivity index (χ3v) is 13.7. The molecule has 2 saturated heterocycles. The molecular formula is C47H46Cl2F6N4O9. The van der Waals surface area contributed by atoms with Crippen molar-refractivity contribution in [2.75, 3.05) is 59.8 Å². The molecule has 0 spiro atoms. The Morgan fingerprint density at radius 3 is 1.38 bits per heavy atom. The number of benzene rings is 4. The van der Waals surface area contributed by atoms with Crippen molar-refractivity contribution >= 4 is 63.9 Å². The van der Waals surface area contributed by atoms with Gasteiger partial charge < -0.3 is 49.6 Å². The number of halogens is 8. The number of nitrogens with zero attached hydrogens (tertiary/aromatic N) is 2. The van der Waals surface area contributed by atoms with Crippen LogP contribution in [-0.2, 0) is 31.9 Å². The van der Waals surface area contributed by atoms with Crippen LogP contribution in [0.5, 0.6) is 11.5 Å². The first-order valence-corrected chi connectivity index (χ1v) is 22.6. The third-order valence-electron chi connectivity index (χ3n) is 13.3. The minimum absolute atomic E-state index is 0.0490. The molecule has 4 aliphatic rings. The van der Waals surface area contributed by atoms with E-state index >= 15 is 17.6 Å². The molecule has 21 heteroatoms. The maximum atomic E-state index is 15.3. The molecule has 2 amide bonds. The van der Waals surface area contributed by atoms with Gasteiger partial charge in [-0.3, -0.25) is 9.59 Å². The molecule has 364 valence electrons. The monoisotopic (exact) mass is 994 g/mol. The van der Waals surface area contributed by atoms with Crippen molar-refractivity contribution in [3.05, 3.63) is 105 Å². The van der Waals surface area contributed by atoms with Gasteiger partial charge in [-0.1, -0.05) is 23.2 Å². The number of hydrogen-bond donors (Lipinski definition) is 4. The van der Waals surface area contributed by atoms with E-state index in [0.29, 0.717) is 11.1 Å². The van der Waals surface area contributed by atoms with Crippen molar-refractivity contribution in [2.45, 2.75) is 75.8 Å². The van der Waals surface area contributed by atoms with E-state index in [0.717, 1.165) is 36.4 Å². The van der Waals surface area contributed by atoms with Crippen molar-refractivity contribution in [1.29, 1.82) is 0 Å². The maximum Gasteiger partial charge on any atom is 0.508 e. The Morgan fingerprint density at radius 1 is 0.647 bits per heavy atom. The summed E-state index contributed by atoms with van der Waals surface area (Å²) in [5.41, 5.74) is -4.07. The van der Waals surface area contributed by atoms with Gasteiger partial charge in [-0.15, -0.1) is 0 Å². The van der Waals surface area contributed by atoms with Crippen LogP contribution in [0.1, 0.15) is 50.7 Å². The molecule has 0 radical (unpaired) electrons. The van der Waals surface area contributed by atoms with Gasteiger partial charge in [0.25, 0.3) is 0 Å². The van der Waals surface area contributed by atoms with Crippen LogP contribution in [0.3, 0.4) is 0 Å². The van der Waals surface area contributed by atoms with Gasteiger partial charge in [-0.25, -0.2) is 31.1 Å². The molecule has 0 bridgehead atoms. The zero-order valence-corrected chi connectivity index (χ0v) is 38.1. The summed E-state index contributed by atoms with van der Waals surface area (Å²) in [6, 6.07) is 8.58. The van der Waals surface area contributed by atoms with Gasteiger partial charge >= 0.3 is 6.16 Å². The summed E-state index contributed by atoms with van der Waals surface area (Å²) in [7, 11) is 0. The van der Waals surface area contributed by atoms with Crippen LogP contribution in [0.4, 0.5) is 53.9 Å². The summed E-state index contributed by atoms with van der Waals surface area (Å²) in [6.45, 7) is 1.05. The van der Waals surface area contributed by atoms with Crippen molar-refractivity contribution in [3.8, 4) is 11.5 Å². The molecule has 0 aliphatic carbocycles. The summed E-state index contributed by atoms with van der Waals surface area (Å²) in [5, 5.41) is 29.3. The van der Waals surface area contributed by atoms with Gasteiger partial charge in [0.2, 0.25) is 11.8 Å².